The maximum atomic E-state index is 14.3. The van der Waals surface area contributed by atoms with Gasteiger partial charge in [0.25, 0.3) is 5.91 Å². The van der Waals surface area contributed by atoms with E-state index >= 15 is 0 Å². The predicted molar refractivity (Wildman–Crippen MR) is 177 cm³/mol. The summed E-state index contributed by atoms with van der Waals surface area (Å²) in [4.78, 5) is 17.5. The molecular formula is C35H30ClF2N5O3. The molecule has 1 aliphatic rings. The molecule has 2 N–H and O–H groups in total. The Balaban J connectivity index is 1.30. The Kier molecular flexibility index (Phi) is 9.09. The van der Waals surface area contributed by atoms with Crippen LogP contribution < -0.4 is 15.4 Å². The highest BCUT2D eigenvalue weighted by molar-refractivity contribution is 6.32. The van der Waals surface area contributed by atoms with Crippen LogP contribution in [0.15, 0.2) is 96.1 Å². The third kappa shape index (κ3) is 6.35. The fourth-order valence-electron chi connectivity index (χ4n) is 5.39. The van der Waals surface area contributed by atoms with E-state index in [1.165, 1.54) is 6.07 Å². The first-order valence-electron chi connectivity index (χ1n) is 14.6. The van der Waals surface area contributed by atoms with Gasteiger partial charge in [0.05, 0.1) is 17.1 Å². The quantitative estimate of drug-likeness (QED) is 0.152. The molecule has 234 valence electrons. The number of anilines is 2. The Hall–Kier alpha value is -5.06. The molecule has 6 rings (SSSR count). The lowest BCUT2D eigenvalue weighted by molar-refractivity contribution is 0.101. The molecule has 2 aromatic heterocycles. The number of fused-ring (bicyclic) bond motifs is 1. The van der Waals surface area contributed by atoms with Gasteiger partial charge in [0.1, 0.15) is 41.4 Å². The standard InChI is InChI=1S/C35H30ClF2N5O3/c1-21-25(14-15-39-34(21)40-24-12-13-30(26(36)20-24)46-18-17-45-2)31-29-11-3-4-16-43(29)42-33(31)22-7-5-8-23(19-22)41-35(44)32-27(37)9-6-10-28(32)38/h3-16,19-21,34,40H,17-18H2,1-2H3,(H,41,44)/t21?,34-/m1/s1. The number of allylic oxidation sites excluding steroid dienone is 1. The second-order valence-corrected chi connectivity index (χ2v) is 11.1. The lowest BCUT2D eigenvalue weighted by Crippen LogP contribution is -2.28. The van der Waals surface area contributed by atoms with E-state index < -0.39 is 23.1 Å². The number of benzene rings is 3. The summed E-state index contributed by atoms with van der Waals surface area (Å²) < 4.78 is 41.1. The number of carbonyl (C=O) groups excluding carboxylic acids is 1. The van der Waals surface area contributed by atoms with Gasteiger partial charge in [0, 0.05) is 47.9 Å². The van der Waals surface area contributed by atoms with Crippen molar-refractivity contribution in [2.75, 3.05) is 31.0 Å². The van der Waals surface area contributed by atoms with Crippen LogP contribution in [0.3, 0.4) is 0 Å². The maximum Gasteiger partial charge on any atom is 0.261 e. The molecule has 0 saturated carbocycles. The van der Waals surface area contributed by atoms with Gasteiger partial charge in [0.2, 0.25) is 0 Å². The molecule has 0 aliphatic carbocycles. The van der Waals surface area contributed by atoms with E-state index in [4.69, 9.17) is 31.2 Å². The molecule has 0 fully saturated rings. The van der Waals surface area contributed by atoms with Crippen LogP contribution in [-0.2, 0) is 4.74 Å². The Morgan fingerprint density at radius 3 is 2.57 bits per heavy atom. The zero-order valence-electron chi connectivity index (χ0n) is 25.0. The first kappa shape index (κ1) is 30.9. The summed E-state index contributed by atoms with van der Waals surface area (Å²) in [6, 6.07) is 21.7. The number of pyridine rings is 1. The molecule has 11 heteroatoms. The summed E-state index contributed by atoms with van der Waals surface area (Å²) in [6.07, 6.45) is 5.30. The third-order valence-electron chi connectivity index (χ3n) is 7.67. The molecule has 5 aromatic rings. The SMILES string of the molecule is COCCOc1ccc(N[C@H]2N=CC=C(c3c(-c4cccc(NC(=O)c5c(F)cccc5F)c4)nn4ccccc34)C2C)cc1Cl. The van der Waals surface area contributed by atoms with Crippen LogP contribution >= 0.6 is 11.6 Å². The van der Waals surface area contributed by atoms with E-state index in [0.29, 0.717) is 40.9 Å². The number of ether oxygens (including phenoxy) is 2. The molecule has 0 spiro atoms. The minimum Gasteiger partial charge on any atom is -0.490 e. The van der Waals surface area contributed by atoms with Crippen LogP contribution in [0.2, 0.25) is 5.02 Å². The summed E-state index contributed by atoms with van der Waals surface area (Å²) in [6.45, 7) is 2.93. The van der Waals surface area contributed by atoms with E-state index in [-0.39, 0.29) is 12.1 Å². The molecule has 1 aliphatic heterocycles. The highest BCUT2D eigenvalue weighted by Gasteiger charge is 2.29. The second kappa shape index (κ2) is 13.5. The molecule has 2 atom stereocenters. The third-order valence-corrected chi connectivity index (χ3v) is 7.96. The van der Waals surface area contributed by atoms with Crippen molar-refractivity contribution in [2.45, 2.75) is 13.1 Å². The van der Waals surface area contributed by atoms with Crippen LogP contribution in [0.1, 0.15) is 22.8 Å². The van der Waals surface area contributed by atoms with Gasteiger partial charge in [-0.2, -0.15) is 5.10 Å². The van der Waals surface area contributed by atoms with Crippen LogP contribution in [0.25, 0.3) is 22.3 Å². The summed E-state index contributed by atoms with van der Waals surface area (Å²) in [5.41, 5.74) is 4.67. The minimum atomic E-state index is -0.937. The molecule has 8 nitrogen and oxygen atoms in total. The molecule has 0 saturated heterocycles. The highest BCUT2D eigenvalue weighted by atomic mass is 35.5. The Morgan fingerprint density at radius 2 is 1.78 bits per heavy atom. The van der Waals surface area contributed by atoms with Gasteiger partial charge in [-0.15, -0.1) is 0 Å². The smallest absolute Gasteiger partial charge is 0.261 e. The zero-order chi connectivity index (χ0) is 32.2. The molecular weight excluding hydrogens is 612 g/mol. The Morgan fingerprint density at radius 1 is 0.978 bits per heavy atom. The fraction of sp³-hybridized carbons (Fsp3) is 0.171. The Labute approximate surface area is 269 Å². The number of aromatic nitrogens is 2. The monoisotopic (exact) mass is 641 g/mol. The highest BCUT2D eigenvalue weighted by Crippen LogP contribution is 2.39. The molecule has 3 heterocycles. The predicted octanol–water partition coefficient (Wildman–Crippen LogP) is 7.75. The van der Waals surface area contributed by atoms with Crippen molar-refractivity contribution in [1.82, 2.24) is 9.61 Å². The number of halogens is 3. The molecule has 3 aromatic carbocycles. The fourth-order valence-corrected chi connectivity index (χ4v) is 5.63. The Bertz CT molecular complexity index is 1960. The zero-order valence-corrected chi connectivity index (χ0v) is 25.8. The van der Waals surface area contributed by atoms with E-state index in [1.807, 2.05) is 48.7 Å². The molecule has 1 amide bonds. The molecule has 0 bridgehead atoms. The summed E-state index contributed by atoms with van der Waals surface area (Å²) in [7, 11) is 1.61. The van der Waals surface area contributed by atoms with Gasteiger partial charge in [-0.05, 0) is 66.2 Å². The van der Waals surface area contributed by atoms with E-state index in [0.717, 1.165) is 34.5 Å². The van der Waals surface area contributed by atoms with Crippen LogP contribution in [0.4, 0.5) is 20.2 Å². The van der Waals surface area contributed by atoms with Crippen molar-refractivity contribution in [3.63, 3.8) is 0 Å². The number of dihydropyridines is 1. The van der Waals surface area contributed by atoms with Gasteiger partial charge in [-0.25, -0.2) is 13.3 Å². The largest absolute Gasteiger partial charge is 0.490 e. The summed E-state index contributed by atoms with van der Waals surface area (Å²) >= 11 is 6.49. The summed E-state index contributed by atoms with van der Waals surface area (Å²) in [5, 5.41) is 11.5. The maximum absolute atomic E-state index is 14.3. The normalized spacial score (nSPS) is 15.9. The number of aliphatic imine (C=N–C) groups is 1. The second-order valence-electron chi connectivity index (χ2n) is 10.7. The van der Waals surface area contributed by atoms with Gasteiger partial charge in [-0.1, -0.05) is 42.8 Å². The van der Waals surface area contributed by atoms with Crippen LogP contribution in [-0.4, -0.2) is 48.2 Å². The number of hydrogen-bond acceptors (Lipinski definition) is 6. The van der Waals surface area contributed by atoms with Crippen molar-refractivity contribution in [1.29, 1.82) is 0 Å². The summed E-state index contributed by atoms with van der Waals surface area (Å²) in [5.74, 6) is -2.29. The topological polar surface area (TPSA) is 89.2 Å². The van der Waals surface area contributed by atoms with E-state index in [2.05, 4.69) is 17.6 Å². The number of hydrogen-bond donors (Lipinski definition) is 2. The van der Waals surface area contributed by atoms with Gasteiger partial charge >= 0.3 is 0 Å². The first-order chi connectivity index (χ1) is 22.3. The number of nitrogens with zero attached hydrogens (tertiary/aromatic N) is 3. The van der Waals surface area contributed by atoms with Gasteiger partial charge in [0.15, 0.2) is 0 Å². The average Bonchev–Trinajstić information content (AvgIpc) is 3.43. The van der Waals surface area contributed by atoms with Crippen molar-refractivity contribution in [3.8, 4) is 17.0 Å². The first-order valence-corrected chi connectivity index (χ1v) is 15.0. The number of rotatable bonds is 10. The van der Waals surface area contributed by atoms with Crippen molar-refractivity contribution >= 4 is 46.2 Å². The van der Waals surface area contributed by atoms with Gasteiger partial charge in [-0.3, -0.25) is 9.79 Å². The lowest BCUT2D eigenvalue weighted by atomic mass is 9.87. The van der Waals surface area contributed by atoms with E-state index in [9.17, 15) is 13.6 Å². The minimum absolute atomic E-state index is 0.0970. The van der Waals surface area contributed by atoms with Crippen LogP contribution in [0, 0.1) is 17.6 Å². The van der Waals surface area contributed by atoms with E-state index in [1.54, 1.807) is 42.1 Å². The number of amides is 1. The molecule has 0 radical (unpaired) electrons. The van der Waals surface area contributed by atoms with Crippen molar-refractivity contribution in [2.24, 2.45) is 10.9 Å². The lowest BCUT2D eigenvalue weighted by Gasteiger charge is -2.28. The molecule has 46 heavy (non-hydrogen) atoms. The number of nitrogens with one attached hydrogen (secondary N) is 2. The average molecular weight is 642 g/mol. The van der Waals surface area contributed by atoms with Gasteiger partial charge < -0.3 is 20.1 Å². The number of methoxy groups -OCH3 is 1. The van der Waals surface area contributed by atoms with Crippen LogP contribution in [0.5, 0.6) is 5.75 Å². The van der Waals surface area contributed by atoms with Crippen molar-refractivity contribution in [3.05, 3.63) is 119 Å². The molecule has 1 unspecified atom stereocenters. The number of carbonyl (C=O) groups is 1. The van der Waals surface area contributed by atoms with Crippen molar-refractivity contribution < 1.29 is 23.0 Å².